The summed E-state index contributed by atoms with van der Waals surface area (Å²) in [6, 6.07) is 5.55. The van der Waals surface area contributed by atoms with E-state index < -0.39 is 0 Å². The molecule has 0 N–H and O–H groups in total. The lowest BCUT2D eigenvalue weighted by Crippen LogP contribution is -2.49. The van der Waals surface area contributed by atoms with Gasteiger partial charge in [-0.05, 0) is 43.0 Å². The predicted molar refractivity (Wildman–Crippen MR) is 98.1 cm³/mol. The summed E-state index contributed by atoms with van der Waals surface area (Å²) < 4.78 is 18.5. The second-order valence-corrected chi connectivity index (χ2v) is 7.19. The molecule has 3 aliphatic heterocycles. The van der Waals surface area contributed by atoms with Gasteiger partial charge in [0.25, 0.3) is 11.8 Å². The summed E-state index contributed by atoms with van der Waals surface area (Å²) in [6.45, 7) is 1.59. The van der Waals surface area contributed by atoms with E-state index in [-0.39, 0.29) is 36.2 Å². The maximum atomic E-state index is 13.0. The lowest BCUT2D eigenvalue weighted by molar-refractivity contribution is -0.137. The van der Waals surface area contributed by atoms with Crippen LogP contribution in [0.15, 0.2) is 42.9 Å². The number of benzene rings is 1. The number of amides is 2. The van der Waals surface area contributed by atoms with Gasteiger partial charge in [-0.15, -0.1) is 0 Å². The van der Waals surface area contributed by atoms with Crippen molar-refractivity contribution in [2.24, 2.45) is 5.92 Å². The van der Waals surface area contributed by atoms with Crippen LogP contribution < -0.4 is 4.74 Å². The van der Waals surface area contributed by atoms with Crippen molar-refractivity contribution in [3.05, 3.63) is 54.4 Å². The standard InChI is InChI=1S/C20H21FN4O3/c21-15-2-5-17(6-3-15)28-13-19(26)25-11-14-1-4-16(25)12-24(10-14)20(27)18-9-22-7-8-23-18/h2-3,5-9,14,16H,1,4,10-13H2/t14-,16+/m1/s1. The van der Waals surface area contributed by atoms with Crippen molar-refractivity contribution in [2.45, 2.75) is 18.9 Å². The van der Waals surface area contributed by atoms with Crippen molar-refractivity contribution in [2.75, 3.05) is 26.2 Å². The van der Waals surface area contributed by atoms with E-state index in [1.54, 1.807) is 4.90 Å². The van der Waals surface area contributed by atoms with Gasteiger partial charge in [0.2, 0.25) is 0 Å². The summed E-state index contributed by atoms with van der Waals surface area (Å²) in [5, 5.41) is 0. The number of ether oxygens (including phenoxy) is 1. The third kappa shape index (κ3) is 3.95. The molecule has 1 aromatic heterocycles. The molecule has 3 saturated heterocycles. The van der Waals surface area contributed by atoms with E-state index >= 15 is 0 Å². The molecule has 5 rings (SSSR count). The van der Waals surface area contributed by atoms with Crippen molar-refractivity contribution >= 4 is 11.8 Å². The average molecular weight is 384 g/mol. The molecular weight excluding hydrogens is 363 g/mol. The number of nitrogens with zero attached hydrogens (tertiary/aromatic N) is 4. The molecule has 2 bridgehead atoms. The van der Waals surface area contributed by atoms with Gasteiger partial charge >= 0.3 is 0 Å². The minimum absolute atomic E-state index is 0.0383. The Morgan fingerprint density at radius 3 is 2.68 bits per heavy atom. The monoisotopic (exact) mass is 384 g/mol. The molecular formula is C20H21FN4O3. The van der Waals surface area contributed by atoms with Gasteiger partial charge < -0.3 is 14.5 Å². The fraction of sp³-hybridized carbons (Fsp3) is 0.400. The highest BCUT2D eigenvalue weighted by atomic mass is 19.1. The normalized spacial score (nSPS) is 21.3. The molecule has 3 fully saturated rings. The van der Waals surface area contributed by atoms with Crippen molar-refractivity contribution in [3.8, 4) is 5.75 Å². The largest absolute Gasteiger partial charge is 0.484 e. The Bertz CT molecular complexity index is 846. The molecule has 8 heteroatoms. The van der Waals surface area contributed by atoms with E-state index in [0.29, 0.717) is 31.1 Å². The minimum atomic E-state index is -0.351. The van der Waals surface area contributed by atoms with Crippen molar-refractivity contribution in [1.29, 1.82) is 0 Å². The van der Waals surface area contributed by atoms with Gasteiger partial charge in [-0.3, -0.25) is 14.6 Å². The Hall–Kier alpha value is -3.03. The van der Waals surface area contributed by atoms with Gasteiger partial charge in [-0.25, -0.2) is 9.37 Å². The first-order chi connectivity index (χ1) is 13.6. The first-order valence-corrected chi connectivity index (χ1v) is 9.33. The van der Waals surface area contributed by atoms with Crippen LogP contribution in [0.4, 0.5) is 4.39 Å². The Morgan fingerprint density at radius 1 is 1.11 bits per heavy atom. The number of piperidine rings is 1. The number of hydrogen-bond acceptors (Lipinski definition) is 5. The fourth-order valence-corrected chi connectivity index (χ4v) is 3.88. The number of hydrogen-bond donors (Lipinski definition) is 0. The lowest BCUT2D eigenvalue weighted by Gasteiger charge is -2.35. The molecule has 7 nitrogen and oxygen atoms in total. The van der Waals surface area contributed by atoms with Crippen LogP contribution in [0.5, 0.6) is 5.75 Å². The maximum absolute atomic E-state index is 13.0. The van der Waals surface area contributed by atoms with Crippen LogP contribution in [-0.2, 0) is 4.79 Å². The van der Waals surface area contributed by atoms with E-state index in [2.05, 4.69) is 9.97 Å². The first-order valence-electron chi connectivity index (χ1n) is 9.33. The van der Waals surface area contributed by atoms with Crippen molar-refractivity contribution in [3.63, 3.8) is 0 Å². The van der Waals surface area contributed by atoms with E-state index in [4.69, 9.17) is 4.74 Å². The highest BCUT2D eigenvalue weighted by molar-refractivity contribution is 5.92. The zero-order chi connectivity index (χ0) is 19.5. The Kier molecular flexibility index (Phi) is 5.18. The fourth-order valence-electron chi connectivity index (χ4n) is 3.88. The van der Waals surface area contributed by atoms with Crippen LogP contribution in [0.3, 0.4) is 0 Å². The maximum Gasteiger partial charge on any atom is 0.274 e. The molecule has 2 amide bonds. The van der Waals surface area contributed by atoms with Gasteiger partial charge in [-0.1, -0.05) is 0 Å². The van der Waals surface area contributed by atoms with Gasteiger partial charge in [0.15, 0.2) is 6.61 Å². The van der Waals surface area contributed by atoms with Crippen molar-refractivity contribution < 1.29 is 18.7 Å². The molecule has 0 aliphatic carbocycles. The summed E-state index contributed by atoms with van der Waals surface area (Å²) in [4.78, 5) is 37.1. The van der Waals surface area contributed by atoms with Crippen LogP contribution in [0, 0.1) is 11.7 Å². The van der Waals surface area contributed by atoms with Gasteiger partial charge in [0.1, 0.15) is 17.3 Å². The summed E-state index contributed by atoms with van der Waals surface area (Å²) in [6.07, 6.45) is 6.34. The van der Waals surface area contributed by atoms with E-state index in [9.17, 15) is 14.0 Å². The number of aromatic nitrogens is 2. The second-order valence-electron chi connectivity index (χ2n) is 7.19. The molecule has 28 heavy (non-hydrogen) atoms. The number of carbonyl (C=O) groups excluding carboxylic acids is 2. The quantitative estimate of drug-likeness (QED) is 0.803. The average Bonchev–Trinajstić information content (AvgIpc) is 3.05. The number of halogens is 1. The molecule has 146 valence electrons. The van der Waals surface area contributed by atoms with E-state index in [0.717, 1.165) is 12.8 Å². The van der Waals surface area contributed by atoms with Gasteiger partial charge in [0, 0.05) is 38.1 Å². The Morgan fingerprint density at radius 2 is 1.93 bits per heavy atom. The highest BCUT2D eigenvalue weighted by Crippen LogP contribution is 2.29. The molecule has 2 aromatic rings. The van der Waals surface area contributed by atoms with Crippen LogP contribution in [-0.4, -0.2) is 63.9 Å². The zero-order valence-electron chi connectivity index (χ0n) is 15.3. The van der Waals surface area contributed by atoms with Crippen LogP contribution in [0.25, 0.3) is 0 Å². The van der Waals surface area contributed by atoms with Gasteiger partial charge in [-0.2, -0.15) is 0 Å². The summed E-state index contributed by atoms with van der Waals surface area (Å²) in [5.41, 5.74) is 0.321. The smallest absolute Gasteiger partial charge is 0.274 e. The third-order valence-corrected chi connectivity index (χ3v) is 5.28. The summed E-state index contributed by atoms with van der Waals surface area (Å²) in [5.74, 6) is 0.0642. The number of carbonyl (C=O) groups is 2. The molecule has 0 unspecified atom stereocenters. The molecule has 4 heterocycles. The Labute approximate surface area is 162 Å². The molecule has 0 radical (unpaired) electrons. The molecule has 0 spiro atoms. The van der Waals surface area contributed by atoms with Crippen LogP contribution in [0.2, 0.25) is 0 Å². The lowest BCUT2D eigenvalue weighted by atomic mass is 9.95. The SMILES string of the molecule is O=C(c1cnccn1)N1C[C@H]2CC[C@@H](C1)N(C(=O)COc1ccc(F)cc1)C2. The third-order valence-electron chi connectivity index (χ3n) is 5.28. The van der Waals surface area contributed by atoms with Crippen LogP contribution >= 0.6 is 0 Å². The zero-order valence-corrected chi connectivity index (χ0v) is 15.3. The van der Waals surface area contributed by atoms with E-state index in [1.807, 2.05) is 4.90 Å². The summed E-state index contributed by atoms with van der Waals surface area (Å²) in [7, 11) is 0. The predicted octanol–water partition coefficient (Wildman–Crippen LogP) is 1.76. The van der Waals surface area contributed by atoms with Crippen LogP contribution in [0.1, 0.15) is 23.3 Å². The molecule has 3 aliphatic rings. The minimum Gasteiger partial charge on any atom is -0.484 e. The van der Waals surface area contributed by atoms with Gasteiger partial charge in [0.05, 0.1) is 6.20 Å². The molecule has 0 saturated carbocycles. The number of fused-ring (bicyclic) bond motifs is 4. The topological polar surface area (TPSA) is 75.6 Å². The highest BCUT2D eigenvalue weighted by Gasteiger charge is 2.39. The number of rotatable bonds is 4. The summed E-state index contributed by atoms with van der Waals surface area (Å²) >= 11 is 0. The Balaban J connectivity index is 1.41. The molecule has 2 atom stereocenters. The van der Waals surface area contributed by atoms with E-state index in [1.165, 1.54) is 42.9 Å². The molecule has 1 aromatic carbocycles. The van der Waals surface area contributed by atoms with Crippen molar-refractivity contribution in [1.82, 2.24) is 19.8 Å². The first kappa shape index (κ1) is 18.3. The second kappa shape index (κ2) is 7.92.